The van der Waals surface area contributed by atoms with E-state index in [1.807, 2.05) is 11.9 Å². The van der Waals surface area contributed by atoms with E-state index >= 15 is 0 Å². The van der Waals surface area contributed by atoms with Crippen LogP contribution in [0.5, 0.6) is 0 Å². The molecule has 2 rings (SSSR count). The van der Waals surface area contributed by atoms with Crippen molar-refractivity contribution in [2.24, 2.45) is 0 Å². The molecular formula is C18H26FN3O3. The summed E-state index contributed by atoms with van der Waals surface area (Å²) in [7, 11) is 1.85. The maximum Gasteiger partial charge on any atom is 0.317 e. The number of hydrogen-bond donors (Lipinski definition) is 2. The Bertz CT molecular complexity index is 579. The third kappa shape index (κ3) is 6.80. The van der Waals surface area contributed by atoms with E-state index in [0.717, 1.165) is 32.4 Å². The van der Waals surface area contributed by atoms with E-state index in [1.54, 1.807) is 12.1 Å². The van der Waals surface area contributed by atoms with Crippen molar-refractivity contribution in [1.82, 2.24) is 9.80 Å². The van der Waals surface area contributed by atoms with Crippen LogP contribution in [0.4, 0.5) is 10.1 Å². The maximum atomic E-state index is 12.9. The minimum Gasteiger partial charge on any atom is -0.480 e. The van der Waals surface area contributed by atoms with Crippen molar-refractivity contribution < 1.29 is 19.1 Å². The molecule has 25 heavy (non-hydrogen) atoms. The van der Waals surface area contributed by atoms with Crippen LogP contribution in [0.1, 0.15) is 25.7 Å². The van der Waals surface area contributed by atoms with Gasteiger partial charge in [-0.2, -0.15) is 0 Å². The van der Waals surface area contributed by atoms with Crippen LogP contribution in [0.3, 0.4) is 0 Å². The van der Waals surface area contributed by atoms with E-state index in [9.17, 15) is 14.0 Å². The number of anilines is 1. The zero-order chi connectivity index (χ0) is 18.2. The lowest BCUT2D eigenvalue weighted by Crippen LogP contribution is -2.36. The summed E-state index contributed by atoms with van der Waals surface area (Å²) >= 11 is 0. The van der Waals surface area contributed by atoms with Crippen molar-refractivity contribution in [3.05, 3.63) is 30.1 Å². The topological polar surface area (TPSA) is 72.9 Å². The lowest BCUT2D eigenvalue weighted by molar-refractivity contribution is -0.138. The number of carboxylic acids is 1. The van der Waals surface area contributed by atoms with E-state index < -0.39 is 5.97 Å². The highest BCUT2D eigenvalue weighted by Gasteiger charge is 2.21. The second kappa shape index (κ2) is 9.48. The molecule has 1 saturated heterocycles. The minimum absolute atomic E-state index is 0.0603. The van der Waals surface area contributed by atoms with Crippen LogP contribution in [-0.2, 0) is 9.59 Å². The molecular weight excluding hydrogens is 325 g/mol. The molecule has 0 spiro atoms. The number of rotatable bonds is 7. The van der Waals surface area contributed by atoms with Crippen molar-refractivity contribution >= 4 is 17.6 Å². The summed E-state index contributed by atoms with van der Waals surface area (Å²) in [6.07, 6.45) is 3.26. The Balaban J connectivity index is 1.73. The van der Waals surface area contributed by atoms with Crippen LogP contribution < -0.4 is 5.32 Å². The fourth-order valence-electron chi connectivity index (χ4n) is 3.16. The van der Waals surface area contributed by atoms with E-state index in [1.165, 1.54) is 12.1 Å². The van der Waals surface area contributed by atoms with Gasteiger partial charge in [0.2, 0.25) is 5.91 Å². The Kier molecular flexibility index (Phi) is 7.33. The van der Waals surface area contributed by atoms with Gasteiger partial charge >= 0.3 is 5.97 Å². The van der Waals surface area contributed by atoms with Gasteiger partial charge in [0.1, 0.15) is 5.82 Å². The molecule has 1 aromatic rings. The Labute approximate surface area is 147 Å². The van der Waals surface area contributed by atoms with Crippen LogP contribution in [0, 0.1) is 5.82 Å². The minimum atomic E-state index is -0.805. The lowest BCUT2D eigenvalue weighted by atomic mass is 10.1. The highest BCUT2D eigenvalue weighted by Crippen LogP contribution is 2.16. The van der Waals surface area contributed by atoms with E-state index in [0.29, 0.717) is 18.7 Å². The van der Waals surface area contributed by atoms with Crippen LogP contribution >= 0.6 is 0 Å². The Morgan fingerprint density at radius 1 is 1.28 bits per heavy atom. The van der Waals surface area contributed by atoms with Gasteiger partial charge in [-0.3, -0.25) is 14.5 Å². The predicted octanol–water partition coefficient (Wildman–Crippen LogP) is 2.03. The monoisotopic (exact) mass is 351 g/mol. The number of nitrogens with one attached hydrogen (secondary N) is 1. The summed E-state index contributed by atoms with van der Waals surface area (Å²) in [5.41, 5.74) is 0.595. The first-order valence-electron chi connectivity index (χ1n) is 8.64. The molecule has 1 aliphatic rings. The molecule has 0 saturated carbocycles. The van der Waals surface area contributed by atoms with Gasteiger partial charge in [0.25, 0.3) is 0 Å². The fraction of sp³-hybridized carbons (Fsp3) is 0.556. The van der Waals surface area contributed by atoms with Gasteiger partial charge in [0, 0.05) is 24.7 Å². The standard InChI is InChI=1S/C18H26FN3O3/c1-21(13-18(24)25)16-3-2-10-22(11-8-16)12-9-17(23)20-15-6-4-14(19)5-7-15/h4-7,16H,2-3,8-13H2,1H3,(H,20,23)(H,24,25). The summed E-state index contributed by atoms with van der Waals surface area (Å²) in [5.74, 6) is -1.22. The van der Waals surface area contributed by atoms with Crippen molar-refractivity contribution in [2.45, 2.75) is 31.7 Å². The number of carbonyl (C=O) groups excluding carboxylic acids is 1. The predicted molar refractivity (Wildman–Crippen MR) is 94.0 cm³/mol. The highest BCUT2D eigenvalue weighted by molar-refractivity contribution is 5.90. The van der Waals surface area contributed by atoms with Crippen LogP contribution in [0.25, 0.3) is 0 Å². The lowest BCUT2D eigenvalue weighted by Gasteiger charge is -2.25. The van der Waals surface area contributed by atoms with Crippen LogP contribution in [0.15, 0.2) is 24.3 Å². The van der Waals surface area contributed by atoms with Crippen LogP contribution in [-0.4, -0.2) is 66.1 Å². The Hall–Kier alpha value is -1.99. The number of benzene rings is 1. The largest absolute Gasteiger partial charge is 0.480 e. The number of nitrogens with zero attached hydrogens (tertiary/aromatic N) is 2. The first kappa shape index (κ1) is 19.3. The third-order valence-electron chi connectivity index (χ3n) is 4.58. The number of hydrogen-bond acceptors (Lipinski definition) is 4. The second-order valence-corrected chi connectivity index (χ2v) is 6.54. The molecule has 7 heteroatoms. The molecule has 0 aliphatic carbocycles. The summed E-state index contributed by atoms with van der Waals surface area (Å²) in [4.78, 5) is 27.0. The van der Waals surface area contributed by atoms with Crippen molar-refractivity contribution in [3.63, 3.8) is 0 Å². The van der Waals surface area contributed by atoms with Gasteiger partial charge < -0.3 is 15.3 Å². The van der Waals surface area contributed by atoms with Crippen molar-refractivity contribution in [2.75, 3.05) is 38.5 Å². The molecule has 0 aromatic heterocycles. The first-order chi connectivity index (χ1) is 11.9. The Morgan fingerprint density at radius 3 is 2.68 bits per heavy atom. The highest BCUT2D eigenvalue weighted by atomic mass is 19.1. The molecule has 1 fully saturated rings. The van der Waals surface area contributed by atoms with E-state index in [4.69, 9.17) is 5.11 Å². The Morgan fingerprint density at radius 2 is 2.00 bits per heavy atom. The van der Waals surface area contributed by atoms with Gasteiger partial charge in [0.05, 0.1) is 6.54 Å². The quantitative estimate of drug-likeness (QED) is 0.786. The average Bonchev–Trinajstić information content (AvgIpc) is 2.80. The number of aliphatic carboxylic acids is 1. The first-order valence-corrected chi connectivity index (χ1v) is 8.64. The zero-order valence-electron chi connectivity index (χ0n) is 14.6. The second-order valence-electron chi connectivity index (χ2n) is 6.54. The molecule has 6 nitrogen and oxygen atoms in total. The molecule has 138 valence electrons. The number of likely N-dealkylation sites (N-methyl/N-ethyl adjacent to an activating group) is 1. The van der Waals surface area contributed by atoms with Gasteiger partial charge in [0.15, 0.2) is 0 Å². The third-order valence-corrected chi connectivity index (χ3v) is 4.58. The van der Waals surface area contributed by atoms with E-state index in [2.05, 4.69) is 10.2 Å². The van der Waals surface area contributed by atoms with Gasteiger partial charge in [-0.15, -0.1) is 0 Å². The molecule has 0 radical (unpaired) electrons. The SMILES string of the molecule is CN(CC(=O)O)C1CCCN(CCC(=O)Nc2ccc(F)cc2)CC1. The normalized spacial score (nSPS) is 18.8. The van der Waals surface area contributed by atoms with E-state index in [-0.39, 0.29) is 24.3 Å². The maximum absolute atomic E-state index is 12.9. The average molecular weight is 351 g/mol. The summed E-state index contributed by atoms with van der Waals surface area (Å²) in [6.45, 7) is 2.51. The molecule has 2 N–H and O–H groups in total. The number of carboxylic acid groups (broad SMARTS) is 1. The molecule has 1 heterocycles. The number of halogens is 1. The number of amides is 1. The summed E-state index contributed by atoms with van der Waals surface area (Å²) in [5, 5.41) is 11.7. The van der Waals surface area contributed by atoms with Crippen molar-refractivity contribution in [1.29, 1.82) is 0 Å². The van der Waals surface area contributed by atoms with Gasteiger partial charge in [-0.1, -0.05) is 0 Å². The molecule has 1 unspecified atom stereocenters. The molecule has 1 atom stereocenters. The molecule has 0 bridgehead atoms. The molecule has 1 aliphatic heterocycles. The van der Waals surface area contributed by atoms with Gasteiger partial charge in [-0.25, -0.2) is 4.39 Å². The number of carbonyl (C=O) groups is 2. The van der Waals surface area contributed by atoms with Crippen LogP contribution in [0.2, 0.25) is 0 Å². The zero-order valence-corrected chi connectivity index (χ0v) is 14.6. The summed E-state index contributed by atoms with van der Waals surface area (Å²) < 4.78 is 12.9. The number of likely N-dealkylation sites (tertiary alicyclic amines) is 1. The fourth-order valence-corrected chi connectivity index (χ4v) is 3.16. The smallest absolute Gasteiger partial charge is 0.317 e. The summed E-state index contributed by atoms with van der Waals surface area (Å²) in [6, 6.07) is 6.00. The van der Waals surface area contributed by atoms with Gasteiger partial charge in [-0.05, 0) is 63.7 Å². The van der Waals surface area contributed by atoms with Crippen molar-refractivity contribution in [3.8, 4) is 0 Å². The molecule has 1 aromatic carbocycles. The molecule has 1 amide bonds.